The normalized spacial score (nSPS) is 13.7. The molecular formula is C6H17N3. The SMILES string of the molecule is CNNC[C@@H](C)CCN. The maximum absolute atomic E-state index is 5.35. The maximum Gasteiger partial charge on any atom is 0.0126 e. The van der Waals surface area contributed by atoms with E-state index in [9.17, 15) is 0 Å². The molecule has 0 radical (unpaired) electrons. The number of hydrogen-bond donors (Lipinski definition) is 3. The van der Waals surface area contributed by atoms with Gasteiger partial charge in [0.25, 0.3) is 0 Å². The van der Waals surface area contributed by atoms with Crippen molar-refractivity contribution in [2.45, 2.75) is 13.3 Å². The lowest BCUT2D eigenvalue weighted by atomic mass is 10.1. The summed E-state index contributed by atoms with van der Waals surface area (Å²) < 4.78 is 0. The monoisotopic (exact) mass is 131 g/mol. The van der Waals surface area contributed by atoms with Crippen molar-refractivity contribution in [1.82, 2.24) is 10.9 Å². The Kier molecular flexibility index (Phi) is 5.93. The molecule has 0 aromatic carbocycles. The average Bonchev–Trinajstić information content (AvgIpc) is 1.85. The molecule has 0 aromatic rings. The van der Waals surface area contributed by atoms with E-state index in [4.69, 9.17) is 5.73 Å². The highest BCUT2D eigenvalue weighted by Crippen LogP contribution is 1.95. The summed E-state index contributed by atoms with van der Waals surface area (Å²) in [6.45, 7) is 3.96. The van der Waals surface area contributed by atoms with Gasteiger partial charge in [0.15, 0.2) is 0 Å². The topological polar surface area (TPSA) is 50.1 Å². The van der Waals surface area contributed by atoms with Crippen molar-refractivity contribution >= 4 is 0 Å². The van der Waals surface area contributed by atoms with E-state index in [2.05, 4.69) is 17.8 Å². The van der Waals surface area contributed by atoms with Crippen molar-refractivity contribution in [3.05, 3.63) is 0 Å². The minimum atomic E-state index is 0.669. The summed E-state index contributed by atoms with van der Waals surface area (Å²) >= 11 is 0. The van der Waals surface area contributed by atoms with Crippen LogP contribution in [0.15, 0.2) is 0 Å². The molecule has 3 nitrogen and oxygen atoms in total. The van der Waals surface area contributed by atoms with E-state index in [-0.39, 0.29) is 0 Å². The molecule has 56 valence electrons. The molecular weight excluding hydrogens is 114 g/mol. The fraction of sp³-hybridized carbons (Fsp3) is 1.00. The first-order chi connectivity index (χ1) is 4.31. The standard InChI is InChI=1S/C6H17N3/c1-6(3-4-7)5-9-8-2/h6,8-9H,3-5,7H2,1-2H3/t6-/m0/s1. The van der Waals surface area contributed by atoms with E-state index >= 15 is 0 Å². The zero-order chi connectivity index (χ0) is 7.11. The first kappa shape index (κ1) is 8.88. The first-order valence-electron chi connectivity index (χ1n) is 3.41. The molecule has 3 heteroatoms. The van der Waals surface area contributed by atoms with E-state index in [1.54, 1.807) is 0 Å². The predicted molar refractivity (Wildman–Crippen MR) is 39.9 cm³/mol. The third-order valence-electron chi connectivity index (χ3n) is 1.29. The van der Waals surface area contributed by atoms with Gasteiger partial charge in [-0.3, -0.25) is 10.9 Å². The van der Waals surface area contributed by atoms with Crippen LogP contribution in [0.3, 0.4) is 0 Å². The minimum absolute atomic E-state index is 0.669. The van der Waals surface area contributed by atoms with E-state index < -0.39 is 0 Å². The molecule has 0 aliphatic rings. The summed E-state index contributed by atoms with van der Waals surface area (Å²) in [4.78, 5) is 0. The van der Waals surface area contributed by atoms with Crippen LogP contribution in [0.2, 0.25) is 0 Å². The van der Waals surface area contributed by atoms with E-state index in [1.165, 1.54) is 0 Å². The van der Waals surface area contributed by atoms with Crippen molar-refractivity contribution in [3.63, 3.8) is 0 Å². The molecule has 0 unspecified atom stereocenters. The van der Waals surface area contributed by atoms with Crippen molar-refractivity contribution in [2.24, 2.45) is 11.7 Å². The Morgan fingerprint density at radius 2 is 2.22 bits per heavy atom. The van der Waals surface area contributed by atoms with Gasteiger partial charge in [-0.05, 0) is 25.9 Å². The third-order valence-corrected chi connectivity index (χ3v) is 1.29. The molecule has 0 amide bonds. The Labute approximate surface area is 57.0 Å². The van der Waals surface area contributed by atoms with Gasteiger partial charge in [-0.25, -0.2) is 0 Å². The van der Waals surface area contributed by atoms with E-state index in [1.807, 2.05) is 7.05 Å². The molecule has 0 bridgehead atoms. The fourth-order valence-electron chi connectivity index (χ4n) is 0.663. The predicted octanol–water partition coefficient (Wildman–Crippen LogP) is -0.305. The van der Waals surface area contributed by atoms with Gasteiger partial charge < -0.3 is 5.73 Å². The Balaban J connectivity index is 2.95. The number of rotatable bonds is 5. The summed E-state index contributed by atoms with van der Waals surface area (Å²) in [7, 11) is 1.87. The van der Waals surface area contributed by atoms with E-state index in [0.29, 0.717) is 5.92 Å². The van der Waals surface area contributed by atoms with Gasteiger partial charge in [-0.15, -0.1) is 0 Å². The fourth-order valence-corrected chi connectivity index (χ4v) is 0.663. The highest BCUT2D eigenvalue weighted by Gasteiger charge is 1.96. The van der Waals surface area contributed by atoms with Crippen LogP contribution in [-0.4, -0.2) is 20.1 Å². The number of hydrazine groups is 1. The number of nitrogens with two attached hydrogens (primary N) is 1. The quantitative estimate of drug-likeness (QED) is 0.449. The molecule has 1 atom stereocenters. The van der Waals surface area contributed by atoms with Crippen LogP contribution in [0, 0.1) is 5.92 Å². The number of nitrogens with one attached hydrogen (secondary N) is 2. The van der Waals surface area contributed by atoms with Gasteiger partial charge in [0.2, 0.25) is 0 Å². The molecule has 0 fully saturated rings. The molecule has 0 aliphatic carbocycles. The highest BCUT2D eigenvalue weighted by atomic mass is 15.3. The molecule has 4 N–H and O–H groups in total. The van der Waals surface area contributed by atoms with Crippen LogP contribution in [0.1, 0.15) is 13.3 Å². The van der Waals surface area contributed by atoms with Crippen molar-refractivity contribution in [2.75, 3.05) is 20.1 Å². The Morgan fingerprint density at radius 1 is 1.56 bits per heavy atom. The summed E-state index contributed by atoms with van der Waals surface area (Å²) in [6, 6.07) is 0. The summed E-state index contributed by atoms with van der Waals surface area (Å²) in [5, 5.41) is 0. The van der Waals surface area contributed by atoms with Gasteiger partial charge in [0.1, 0.15) is 0 Å². The molecule has 0 aromatic heterocycles. The summed E-state index contributed by atoms with van der Waals surface area (Å²) in [5.74, 6) is 0.669. The van der Waals surface area contributed by atoms with Crippen LogP contribution in [0.25, 0.3) is 0 Å². The van der Waals surface area contributed by atoms with E-state index in [0.717, 1.165) is 19.5 Å². The molecule has 0 spiro atoms. The lowest BCUT2D eigenvalue weighted by Gasteiger charge is -2.09. The molecule has 0 saturated carbocycles. The Hall–Kier alpha value is -0.120. The van der Waals surface area contributed by atoms with Crippen molar-refractivity contribution < 1.29 is 0 Å². The second-order valence-electron chi connectivity index (χ2n) is 2.31. The van der Waals surface area contributed by atoms with Crippen LogP contribution >= 0.6 is 0 Å². The van der Waals surface area contributed by atoms with Gasteiger partial charge in [0, 0.05) is 6.54 Å². The van der Waals surface area contributed by atoms with Crippen molar-refractivity contribution in [3.8, 4) is 0 Å². The van der Waals surface area contributed by atoms with Gasteiger partial charge in [0.05, 0.1) is 0 Å². The molecule has 9 heavy (non-hydrogen) atoms. The summed E-state index contributed by atoms with van der Waals surface area (Å²) in [6.07, 6.45) is 1.09. The molecule has 0 aliphatic heterocycles. The third kappa shape index (κ3) is 5.76. The number of hydrogen-bond acceptors (Lipinski definition) is 3. The van der Waals surface area contributed by atoms with Crippen LogP contribution in [-0.2, 0) is 0 Å². The van der Waals surface area contributed by atoms with Crippen LogP contribution < -0.4 is 16.6 Å². The largest absolute Gasteiger partial charge is 0.330 e. The Morgan fingerprint density at radius 3 is 2.67 bits per heavy atom. The lowest BCUT2D eigenvalue weighted by Crippen LogP contribution is -2.32. The Bertz CT molecular complexity index is 56.3. The van der Waals surface area contributed by atoms with Gasteiger partial charge in [-0.2, -0.15) is 0 Å². The van der Waals surface area contributed by atoms with Crippen LogP contribution in [0.4, 0.5) is 0 Å². The maximum atomic E-state index is 5.35. The smallest absolute Gasteiger partial charge is 0.0126 e. The zero-order valence-electron chi connectivity index (χ0n) is 6.28. The molecule has 0 rings (SSSR count). The van der Waals surface area contributed by atoms with Crippen LogP contribution in [0.5, 0.6) is 0 Å². The average molecular weight is 131 g/mol. The molecule has 0 heterocycles. The zero-order valence-corrected chi connectivity index (χ0v) is 6.28. The second-order valence-corrected chi connectivity index (χ2v) is 2.31. The second kappa shape index (κ2) is 6.01. The highest BCUT2D eigenvalue weighted by molar-refractivity contribution is 4.53. The summed E-state index contributed by atoms with van der Waals surface area (Å²) in [5.41, 5.74) is 11.2. The van der Waals surface area contributed by atoms with Gasteiger partial charge >= 0.3 is 0 Å². The van der Waals surface area contributed by atoms with Crippen molar-refractivity contribution in [1.29, 1.82) is 0 Å². The molecule has 0 saturated heterocycles. The first-order valence-corrected chi connectivity index (χ1v) is 3.41. The minimum Gasteiger partial charge on any atom is -0.330 e. The van der Waals surface area contributed by atoms with Gasteiger partial charge in [-0.1, -0.05) is 6.92 Å². The lowest BCUT2D eigenvalue weighted by molar-refractivity contribution is 0.456.